The van der Waals surface area contributed by atoms with Crippen LogP contribution in [-0.4, -0.2) is 0 Å². The van der Waals surface area contributed by atoms with E-state index in [1.165, 1.54) is 0 Å². The van der Waals surface area contributed by atoms with Crippen LogP contribution in [0.4, 0.5) is 4.39 Å². The monoisotopic (exact) mass is 340 g/mol. The molecule has 2 heteroatoms. The summed E-state index contributed by atoms with van der Waals surface area (Å²) >= 11 is 3.40. The molecule has 0 unspecified atom stereocenters. The Morgan fingerprint density at radius 2 is 0.952 bits per heavy atom. The Hall–Kier alpha value is -1.93. The highest BCUT2D eigenvalue weighted by Crippen LogP contribution is 2.40. The first-order chi connectivity index (χ1) is 10.2. The van der Waals surface area contributed by atoms with Gasteiger partial charge in [0, 0.05) is 4.47 Å². The standard InChI is InChI=1S/C19H14BrF/c20-18-13-11-17(12-14-18)19(21,15-7-3-1-4-8-15)16-9-5-2-6-10-16/h1-14H. The smallest absolute Gasteiger partial charge is 0.186 e. The maximum Gasteiger partial charge on any atom is 0.186 e. The van der Waals surface area contributed by atoms with E-state index in [2.05, 4.69) is 15.9 Å². The molecule has 0 spiro atoms. The largest absolute Gasteiger partial charge is 0.228 e. The van der Waals surface area contributed by atoms with Crippen molar-refractivity contribution in [1.29, 1.82) is 0 Å². The average Bonchev–Trinajstić information content (AvgIpc) is 2.56. The third-order valence-electron chi connectivity index (χ3n) is 3.59. The van der Waals surface area contributed by atoms with Gasteiger partial charge in [0.05, 0.1) is 0 Å². The number of hydrogen-bond donors (Lipinski definition) is 0. The Balaban J connectivity index is 2.23. The fourth-order valence-corrected chi connectivity index (χ4v) is 2.78. The molecule has 0 fully saturated rings. The second-order valence-electron chi connectivity index (χ2n) is 4.90. The van der Waals surface area contributed by atoms with Crippen molar-refractivity contribution < 1.29 is 4.39 Å². The lowest BCUT2D eigenvalue weighted by Crippen LogP contribution is -2.23. The number of hydrogen-bond acceptors (Lipinski definition) is 0. The summed E-state index contributed by atoms with van der Waals surface area (Å²) in [4.78, 5) is 0. The van der Waals surface area contributed by atoms with Gasteiger partial charge < -0.3 is 0 Å². The molecule has 0 heterocycles. The average molecular weight is 341 g/mol. The van der Waals surface area contributed by atoms with E-state index in [4.69, 9.17) is 0 Å². The minimum absolute atomic E-state index is 0.628. The van der Waals surface area contributed by atoms with E-state index in [0.29, 0.717) is 16.7 Å². The maximum absolute atomic E-state index is 16.1. The highest BCUT2D eigenvalue weighted by Gasteiger charge is 2.36. The molecule has 0 N–H and O–H groups in total. The second-order valence-corrected chi connectivity index (χ2v) is 5.81. The van der Waals surface area contributed by atoms with E-state index >= 15 is 4.39 Å². The first-order valence-electron chi connectivity index (χ1n) is 6.77. The van der Waals surface area contributed by atoms with Gasteiger partial charge >= 0.3 is 0 Å². The quantitative estimate of drug-likeness (QED) is 0.535. The Kier molecular flexibility index (Phi) is 3.89. The summed E-state index contributed by atoms with van der Waals surface area (Å²) in [6.07, 6.45) is 0. The summed E-state index contributed by atoms with van der Waals surface area (Å²) in [5.74, 6) is 0. The van der Waals surface area contributed by atoms with Crippen molar-refractivity contribution in [2.75, 3.05) is 0 Å². The van der Waals surface area contributed by atoms with Gasteiger partial charge in [-0.05, 0) is 28.8 Å². The molecular formula is C19H14BrF. The van der Waals surface area contributed by atoms with Crippen molar-refractivity contribution in [3.8, 4) is 0 Å². The fourth-order valence-electron chi connectivity index (χ4n) is 2.52. The van der Waals surface area contributed by atoms with Crippen molar-refractivity contribution in [3.63, 3.8) is 0 Å². The lowest BCUT2D eigenvalue weighted by molar-refractivity contribution is 0.281. The van der Waals surface area contributed by atoms with Crippen molar-refractivity contribution >= 4 is 15.9 Å². The number of benzene rings is 3. The van der Waals surface area contributed by atoms with Crippen molar-refractivity contribution in [1.82, 2.24) is 0 Å². The molecule has 0 aromatic heterocycles. The molecule has 0 nitrogen and oxygen atoms in total. The Morgan fingerprint density at radius 3 is 1.38 bits per heavy atom. The Morgan fingerprint density at radius 1 is 0.571 bits per heavy atom. The van der Waals surface area contributed by atoms with Crippen LogP contribution in [0.1, 0.15) is 16.7 Å². The summed E-state index contributed by atoms with van der Waals surface area (Å²) in [6, 6.07) is 26.0. The molecule has 3 aromatic rings. The van der Waals surface area contributed by atoms with E-state index in [9.17, 15) is 0 Å². The lowest BCUT2D eigenvalue weighted by Gasteiger charge is -2.27. The van der Waals surface area contributed by atoms with Crippen LogP contribution in [0.2, 0.25) is 0 Å². The van der Waals surface area contributed by atoms with Gasteiger partial charge in [-0.25, -0.2) is 4.39 Å². The molecule has 0 radical (unpaired) electrons. The highest BCUT2D eigenvalue weighted by molar-refractivity contribution is 9.10. The van der Waals surface area contributed by atoms with Gasteiger partial charge in [0.15, 0.2) is 5.67 Å². The molecule has 0 saturated heterocycles. The van der Waals surface area contributed by atoms with E-state index in [1.54, 1.807) is 0 Å². The van der Waals surface area contributed by atoms with E-state index in [1.807, 2.05) is 84.9 Å². The molecule has 0 aliphatic carbocycles. The second kappa shape index (κ2) is 5.82. The molecule has 21 heavy (non-hydrogen) atoms. The van der Waals surface area contributed by atoms with Gasteiger partial charge in [-0.1, -0.05) is 88.7 Å². The normalized spacial score (nSPS) is 11.3. The topological polar surface area (TPSA) is 0 Å². The van der Waals surface area contributed by atoms with Crippen molar-refractivity contribution in [2.24, 2.45) is 0 Å². The van der Waals surface area contributed by atoms with Gasteiger partial charge in [0.25, 0.3) is 0 Å². The fraction of sp³-hybridized carbons (Fsp3) is 0.0526. The van der Waals surface area contributed by atoms with Gasteiger partial charge in [0.1, 0.15) is 0 Å². The summed E-state index contributed by atoms with van der Waals surface area (Å²) in [5, 5.41) is 0. The zero-order valence-corrected chi connectivity index (χ0v) is 12.9. The molecule has 0 amide bonds. The minimum atomic E-state index is -1.65. The summed E-state index contributed by atoms with van der Waals surface area (Å²) < 4.78 is 17.0. The van der Waals surface area contributed by atoms with Crippen LogP contribution in [0.15, 0.2) is 89.4 Å². The predicted octanol–water partition coefficient (Wildman–Crippen LogP) is 5.71. The third kappa shape index (κ3) is 2.64. The molecule has 0 aliphatic heterocycles. The molecule has 0 aliphatic rings. The molecule has 3 rings (SSSR count). The minimum Gasteiger partial charge on any atom is -0.228 e. The predicted molar refractivity (Wildman–Crippen MR) is 88.0 cm³/mol. The zero-order chi connectivity index (χ0) is 14.7. The number of rotatable bonds is 3. The van der Waals surface area contributed by atoms with E-state index < -0.39 is 5.67 Å². The van der Waals surface area contributed by atoms with Gasteiger partial charge in [0.2, 0.25) is 0 Å². The Bertz CT molecular complexity index is 666. The Labute approximate surface area is 132 Å². The van der Waals surface area contributed by atoms with Crippen LogP contribution in [0.5, 0.6) is 0 Å². The summed E-state index contributed by atoms with van der Waals surface area (Å²) in [7, 11) is 0. The number of alkyl halides is 1. The first kappa shape index (κ1) is 14.0. The van der Waals surface area contributed by atoms with Crippen LogP contribution in [0.3, 0.4) is 0 Å². The van der Waals surface area contributed by atoms with Crippen LogP contribution >= 0.6 is 15.9 Å². The van der Waals surface area contributed by atoms with Crippen LogP contribution in [0.25, 0.3) is 0 Å². The van der Waals surface area contributed by atoms with Crippen LogP contribution < -0.4 is 0 Å². The molecule has 0 atom stereocenters. The molecule has 3 aromatic carbocycles. The third-order valence-corrected chi connectivity index (χ3v) is 4.11. The summed E-state index contributed by atoms with van der Waals surface area (Å²) in [6.45, 7) is 0. The SMILES string of the molecule is FC(c1ccccc1)(c1ccccc1)c1ccc(Br)cc1. The van der Waals surface area contributed by atoms with Crippen LogP contribution in [0, 0.1) is 0 Å². The zero-order valence-electron chi connectivity index (χ0n) is 11.3. The molecule has 0 saturated carbocycles. The molecular weight excluding hydrogens is 327 g/mol. The van der Waals surface area contributed by atoms with E-state index in [-0.39, 0.29) is 0 Å². The van der Waals surface area contributed by atoms with Crippen molar-refractivity contribution in [3.05, 3.63) is 106 Å². The van der Waals surface area contributed by atoms with Crippen LogP contribution in [-0.2, 0) is 5.67 Å². The molecule has 104 valence electrons. The first-order valence-corrected chi connectivity index (χ1v) is 7.56. The van der Waals surface area contributed by atoms with E-state index in [0.717, 1.165) is 4.47 Å². The number of halogens is 2. The van der Waals surface area contributed by atoms with Gasteiger partial charge in [-0.15, -0.1) is 0 Å². The maximum atomic E-state index is 16.1. The molecule has 0 bridgehead atoms. The van der Waals surface area contributed by atoms with Gasteiger partial charge in [-0.3, -0.25) is 0 Å². The summed E-state index contributed by atoms with van der Waals surface area (Å²) in [5.41, 5.74) is 0.253. The lowest BCUT2D eigenvalue weighted by atomic mass is 9.82. The van der Waals surface area contributed by atoms with Crippen molar-refractivity contribution in [2.45, 2.75) is 5.67 Å². The van der Waals surface area contributed by atoms with Gasteiger partial charge in [-0.2, -0.15) is 0 Å². The highest BCUT2D eigenvalue weighted by atomic mass is 79.9.